The Balaban J connectivity index is 1.34. The van der Waals surface area contributed by atoms with E-state index in [1.54, 1.807) is 0 Å². The molecule has 1 saturated carbocycles. The maximum atomic E-state index is 12.9. The Morgan fingerprint density at radius 2 is 1.68 bits per heavy atom. The quantitative estimate of drug-likeness (QED) is 0.603. The van der Waals surface area contributed by atoms with Crippen molar-refractivity contribution in [2.45, 2.75) is 51.0 Å². The number of carboxylic acids is 1. The summed E-state index contributed by atoms with van der Waals surface area (Å²) in [5.74, 6) is -1.43. The van der Waals surface area contributed by atoms with E-state index in [2.05, 4.69) is 29.6 Å². The maximum absolute atomic E-state index is 12.9. The van der Waals surface area contributed by atoms with E-state index >= 15 is 0 Å². The summed E-state index contributed by atoms with van der Waals surface area (Å²) in [6.45, 7) is 2.31. The number of amides is 2. The van der Waals surface area contributed by atoms with Crippen LogP contribution in [0.2, 0.25) is 0 Å². The SMILES string of the molecule is CCCN(CC(=O)O)C(=O)C1CCCC(NC(=O)OCC2c3ccccc3-c3ccccc32)C1. The summed E-state index contributed by atoms with van der Waals surface area (Å²) in [4.78, 5) is 38.1. The molecule has 0 bridgehead atoms. The number of hydrogen-bond donors (Lipinski definition) is 2. The zero-order valence-electron chi connectivity index (χ0n) is 19.5. The van der Waals surface area contributed by atoms with Crippen LogP contribution in [0.4, 0.5) is 4.79 Å². The number of nitrogens with one attached hydrogen (secondary N) is 1. The summed E-state index contributed by atoms with van der Waals surface area (Å²) in [7, 11) is 0. The number of benzene rings is 2. The molecule has 34 heavy (non-hydrogen) atoms. The van der Waals surface area contributed by atoms with E-state index in [4.69, 9.17) is 9.84 Å². The third-order valence-electron chi connectivity index (χ3n) is 6.82. The van der Waals surface area contributed by atoms with E-state index in [1.165, 1.54) is 16.0 Å². The van der Waals surface area contributed by atoms with Gasteiger partial charge in [0.05, 0.1) is 0 Å². The van der Waals surface area contributed by atoms with E-state index in [1.807, 2.05) is 31.2 Å². The first kappa shape index (κ1) is 23.8. The van der Waals surface area contributed by atoms with Crippen molar-refractivity contribution in [1.82, 2.24) is 10.2 Å². The fourth-order valence-corrected chi connectivity index (χ4v) is 5.31. The number of ether oxygens (including phenoxy) is 1. The highest BCUT2D eigenvalue weighted by molar-refractivity contribution is 5.83. The van der Waals surface area contributed by atoms with Gasteiger partial charge in [-0.2, -0.15) is 0 Å². The molecule has 7 heteroatoms. The molecule has 0 radical (unpaired) electrons. The Morgan fingerprint density at radius 3 is 2.29 bits per heavy atom. The number of carbonyl (C=O) groups excluding carboxylic acids is 2. The summed E-state index contributed by atoms with van der Waals surface area (Å²) in [6, 6.07) is 16.2. The molecule has 0 spiro atoms. The van der Waals surface area contributed by atoms with E-state index in [0.717, 1.165) is 24.0 Å². The molecule has 4 rings (SSSR count). The molecule has 0 aromatic heterocycles. The second-order valence-electron chi connectivity index (χ2n) is 9.18. The van der Waals surface area contributed by atoms with Crippen molar-refractivity contribution in [2.24, 2.45) is 5.92 Å². The minimum atomic E-state index is -1.01. The first-order valence-corrected chi connectivity index (χ1v) is 12.1. The highest BCUT2D eigenvalue weighted by Crippen LogP contribution is 2.44. The molecule has 2 amide bonds. The smallest absolute Gasteiger partial charge is 0.407 e. The van der Waals surface area contributed by atoms with Gasteiger partial charge in [0.2, 0.25) is 5.91 Å². The van der Waals surface area contributed by atoms with Gasteiger partial charge >= 0.3 is 12.1 Å². The molecule has 2 aliphatic carbocycles. The Labute approximate surface area is 200 Å². The van der Waals surface area contributed by atoms with Gasteiger partial charge in [0.15, 0.2) is 0 Å². The number of hydrogen-bond acceptors (Lipinski definition) is 4. The lowest BCUT2D eigenvalue weighted by atomic mass is 9.84. The molecule has 2 atom stereocenters. The van der Waals surface area contributed by atoms with Crippen LogP contribution < -0.4 is 5.32 Å². The molecule has 180 valence electrons. The van der Waals surface area contributed by atoms with E-state index in [9.17, 15) is 14.4 Å². The van der Waals surface area contributed by atoms with Crippen molar-refractivity contribution in [3.63, 3.8) is 0 Å². The van der Waals surface area contributed by atoms with Crippen molar-refractivity contribution in [1.29, 1.82) is 0 Å². The molecule has 2 N–H and O–H groups in total. The highest BCUT2D eigenvalue weighted by atomic mass is 16.5. The number of fused-ring (bicyclic) bond motifs is 3. The van der Waals surface area contributed by atoms with E-state index in [0.29, 0.717) is 25.8 Å². The second-order valence-corrected chi connectivity index (χ2v) is 9.18. The van der Waals surface area contributed by atoms with Crippen LogP contribution in [0.1, 0.15) is 56.1 Å². The minimum Gasteiger partial charge on any atom is -0.480 e. The molecule has 2 aliphatic rings. The molecule has 2 aromatic rings. The van der Waals surface area contributed by atoms with Crippen molar-refractivity contribution < 1.29 is 24.2 Å². The lowest BCUT2D eigenvalue weighted by Crippen LogP contribution is -2.45. The Hall–Kier alpha value is -3.35. The number of nitrogens with zero attached hydrogens (tertiary/aromatic N) is 1. The Morgan fingerprint density at radius 1 is 1.03 bits per heavy atom. The molecule has 2 aromatic carbocycles. The largest absolute Gasteiger partial charge is 0.480 e. The average Bonchev–Trinajstić information content (AvgIpc) is 3.16. The normalized spacial score (nSPS) is 19.1. The van der Waals surface area contributed by atoms with Crippen molar-refractivity contribution >= 4 is 18.0 Å². The van der Waals surface area contributed by atoms with Gasteiger partial charge in [-0.25, -0.2) is 4.79 Å². The molecular formula is C27H32N2O5. The third kappa shape index (κ3) is 5.24. The van der Waals surface area contributed by atoms with Gasteiger partial charge in [-0.1, -0.05) is 61.9 Å². The number of carbonyl (C=O) groups is 3. The first-order chi connectivity index (χ1) is 16.5. The molecule has 0 saturated heterocycles. The van der Waals surface area contributed by atoms with Crippen LogP contribution in [0, 0.1) is 5.92 Å². The molecule has 7 nitrogen and oxygen atoms in total. The van der Waals surface area contributed by atoms with Crippen LogP contribution >= 0.6 is 0 Å². The predicted octanol–water partition coefficient (Wildman–Crippen LogP) is 4.41. The average molecular weight is 465 g/mol. The zero-order valence-corrected chi connectivity index (χ0v) is 19.5. The van der Waals surface area contributed by atoms with Gasteiger partial charge in [-0.15, -0.1) is 0 Å². The second kappa shape index (κ2) is 10.7. The Bertz CT molecular complexity index is 1010. The zero-order chi connectivity index (χ0) is 24.1. The summed E-state index contributed by atoms with van der Waals surface area (Å²) in [5, 5.41) is 12.1. The van der Waals surface area contributed by atoms with Crippen LogP contribution in [-0.2, 0) is 14.3 Å². The Kier molecular flexibility index (Phi) is 7.50. The maximum Gasteiger partial charge on any atom is 0.407 e. The molecule has 0 heterocycles. The van der Waals surface area contributed by atoms with Crippen LogP contribution in [0.5, 0.6) is 0 Å². The van der Waals surface area contributed by atoms with Crippen molar-refractivity contribution in [3.05, 3.63) is 59.7 Å². The molecule has 0 aliphatic heterocycles. The van der Waals surface area contributed by atoms with Crippen LogP contribution in [0.25, 0.3) is 11.1 Å². The first-order valence-electron chi connectivity index (χ1n) is 12.1. The van der Waals surface area contributed by atoms with Gasteiger partial charge in [0, 0.05) is 24.4 Å². The van der Waals surface area contributed by atoms with Gasteiger partial charge in [-0.3, -0.25) is 9.59 Å². The van der Waals surface area contributed by atoms with Crippen LogP contribution in [0.3, 0.4) is 0 Å². The summed E-state index contributed by atoms with van der Waals surface area (Å²) in [6.07, 6.45) is 3.02. The molecule has 1 fully saturated rings. The fourth-order valence-electron chi connectivity index (χ4n) is 5.31. The van der Waals surface area contributed by atoms with Gasteiger partial charge in [0.1, 0.15) is 13.2 Å². The molecular weight excluding hydrogens is 432 g/mol. The fraction of sp³-hybridized carbons (Fsp3) is 0.444. The van der Waals surface area contributed by atoms with E-state index in [-0.39, 0.29) is 36.9 Å². The van der Waals surface area contributed by atoms with E-state index < -0.39 is 12.1 Å². The third-order valence-corrected chi connectivity index (χ3v) is 6.82. The van der Waals surface area contributed by atoms with Crippen molar-refractivity contribution in [3.8, 4) is 11.1 Å². The number of alkyl carbamates (subject to hydrolysis) is 1. The number of carboxylic acid groups (broad SMARTS) is 1. The predicted molar refractivity (Wildman–Crippen MR) is 128 cm³/mol. The monoisotopic (exact) mass is 464 g/mol. The number of rotatable bonds is 8. The summed E-state index contributed by atoms with van der Waals surface area (Å²) >= 11 is 0. The number of aliphatic carboxylic acids is 1. The summed E-state index contributed by atoms with van der Waals surface area (Å²) in [5.41, 5.74) is 4.68. The van der Waals surface area contributed by atoms with Crippen LogP contribution in [0.15, 0.2) is 48.5 Å². The highest BCUT2D eigenvalue weighted by Gasteiger charge is 2.33. The van der Waals surface area contributed by atoms with Gasteiger partial charge in [-0.05, 0) is 47.9 Å². The lowest BCUT2D eigenvalue weighted by molar-refractivity contribution is -0.147. The standard InChI is InChI=1S/C27H32N2O5/c1-2-14-29(16-25(30)31)26(32)18-8-7-9-19(15-18)28-27(33)34-17-24-22-12-5-3-10-20(22)21-11-4-6-13-23(21)24/h3-6,10-13,18-19,24H,2,7-9,14-17H2,1H3,(H,28,33)(H,30,31). The minimum absolute atomic E-state index is 0.00236. The van der Waals surface area contributed by atoms with Crippen LogP contribution in [-0.4, -0.2) is 53.7 Å². The van der Waals surface area contributed by atoms with Crippen molar-refractivity contribution in [2.75, 3.05) is 19.7 Å². The summed E-state index contributed by atoms with van der Waals surface area (Å²) < 4.78 is 5.65. The lowest BCUT2D eigenvalue weighted by Gasteiger charge is -2.32. The molecule has 2 unspecified atom stereocenters. The van der Waals surface area contributed by atoms with Gasteiger partial charge < -0.3 is 20.1 Å². The van der Waals surface area contributed by atoms with Gasteiger partial charge in [0.25, 0.3) is 0 Å². The topological polar surface area (TPSA) is 95.9 Å².